The highest BCUT2D eigenvalue weighted by molar-refractivity contribution is 5.93. The summed E-state index contributed by atoms with van der Waals surface area (Å²) in [6.07, 6.45) is 0. The lowest BCUT2D eigenvalue weighted by Crippen LogP contribution is -2.27. The van der Waals surface area contributed by atoms with Gasteiger partial charge < -0.3 is 16.4 Å². The minimum atomic E-state index is 0.689. The first-order valence-electron chi connectivity index (χ1n) is 6.04. The summed E-state index contributed by atoms with van der Waals surface area (Å²) in [7, 11) is 0. The van der Waals surface area contributed by atoms with E-state index in [9.17, 15) is 0 Å². The summed E-state index contributed by atoms with van der Waals surface area (Å²) in [5.74, 6) is 0. The molecule has 0 unspecified atom stereocenters. The lowest BCUT2D eigenvalue weighted by molar-refractivity contribution is 0.707. The van der Waals surface area contributed by atoms with E-state index >= 15 is 0 Å². The highest BCUT2D eigenvalue weighted by Crippen LogP contribution is 2.22. The summed E-state index contributed by atoms with van der Waals surface area (Å²) >= 11 is 0. The van der Waals surface area contributed by atoms with Crippen molar-refractivity contribution in [2.45, 2.75) is 0 Å². The average Bonchev–Trinajstić information content (AvgIpc) is 2.39. The normalized spacial score (nSPS) is 10.6. The standard InChI is InChI=1S/C14H19N3/c15-8-9-16-10-11-17-14-7-3-5-12-4-1-2-6-13(12)14/h1-7,16-17H,8-11,15H2. The van der Waals surface area contributed by atoms with E-state index < -0.39 is 0 Å². The molecule has 2 rings (SSSR count). The SMILES string of the molecule is NCCNCCNc1cccc2ccccc12. The van der Waals surface area contributed by atoms with Crippen LogP contribution in [0, 0.1) is 0 Å². The van der Waals surface area contributed by atoms with Crippen molar-refractivity contribution in [1.29, 1.82) is 0 Å². The Labute approximate surface area is 102 Å². The number of anilines is 1. The lowest BCUT2D eigenvalue weighted by Gasteiger charge is -2.10. The van der Waals surface area contributed by atoms with Gasteiger partial charge in [-0.05, 0) is 11.5 Å². The Morgan fingerprint density at radius 2 is 1.71 bits per heavy atom. The Morgan fingerprint density at radius 1 is 0.882 bits per heavy atom. The largest absolute Gasteiger partial charge is 0.383 e. The Balaban J connectivity index is 1.98. The van der Waals surface area contributed by atoms with E-state index in [0.29, 0.717) is 6.54 Å². The van der Waals surface area contributed by atoms with Gasteiger partial charge in [0.1, 0.15) is 0 Å². The van der Waals surface area contributed by atoms with Crippen LogP contribution in [0.2, 0.25) is 0 Å². The third-order valence-corrected chi connectivity index (χ3v) is 2.73. The van der Waals surface area contributed by atoms with Gasteiger partial charge in [-0.1, -0.05) is 36.4 Å². The molecule has 0 aliphatic carbocycles. The zero-order valence-corrected chi connectivity index (χ0v) is 9.95. The fourth-order valence-corrected chi connectivity index (χ4v) is 1.89. The smallest absolute Gasteiger partial charge is 0.0420 e. The van der Waals surface area contributed by atoms with Gasteiger partial charge in [0.25, 0.3) is 0 Å². The monoisotopic (exact) mass is 229 g/mol. The highest BCUT2D eigenvalue weighted by Gasteiger charge is 1.98. The van der Waals surface area contributed by atoms with Crippen LogP contribution in [-0.2, 0) is 0 Å². The molecule has 90 valence electrons. The number of hydrogen-bond acceptors (Lipinski definition) is 3. The molecule has 2 aromatic rings. The maximum atomic E-state index is 5.41. The molecule has 3 heteroatoms. The molecule has 0 fully saturated rings. The van der Waals surface area contributed by atoms with Crippen molar-refractivity contribution in [3.63, 3.8) is 0 Å². The van der Waals surface area contributed by atoms with Crippen LogP contribution in [0.25, 0.3) is 10.8 Å². The lowest BCUT2D eigenvalue weighted by atomic mass is 10.1. The Hall–Kier alpha value is -1.58. The highest BCUT2D eigenvalue weighted by atomic mass is 14.9. The zero-order valence-electron chi connectivity index (χ0n) is 9.95. The van der Waals surface area contributed by atoms with Gasteiger partial charge in [0.05, 0.1) is 0 Å². The van der Waals surface area contributed by atoms with Crippen LogP contribution in [0.5, 0.6) is 0 Å². The van der Waals surface area contributed by atoms with E-state index in [1.807, 2.05) is 0 Å². The van der Waals surface area contributed by atoms with Crippen molar-refractivity contribution in [2.75, 3.05) is 31.5 Å². The molecule has 4 N–H and O–H groups in total. The number of nitrogens with two attached hydrogens (primary N) is 1. The number of fused-ring (bicyclic) bond motifs is 1. The fraction of sp³-hybridized carbons (Fsp3) is 0.286. The third kappa shape index (κ3) is 3.19. The maximum Gasteiger partial charge on any atom is 0.0420 e. The number of benzene rings is 2. The second-order valence-corrected chi connectivity index (χ2v) is 3.99. The summed E-state index contributed by atoms with van der Waals surface area (Å²) in [5, 5.41) is 9.25. The van der Waals surface area contributed by atoms with Gasteiger partial charge in [-0.15, -0.1) is 0 Å². The number of rotatable bonds is 6. The molecule has 2 aromatic carbocycles. The van der Waals surface area contributed by atoms with Gasteiger partial charge in [0.2, 0.25) is 0 Å². The second kappa shape index (κ2) is 6.23. The van der Waals surface area contributed by atoms with E-state index in [1.165, 1.54) is 16.5 Å². The summed E-state index contributed by atoms with van der Waals surface area (Å²) in [6.45, 7) is 3.40. The van der Waals surface area contributed by atoms with Crippen LogP contribution in [0.4, 0.5) is 5.69 Å². The van der Waals surface area contributed by atoms with Crippen LogP contribution in [0.3, 0.4) is 0 Å². The van der Waals surface area contributed by atoms with E-state index in [1.54, 1.807) is 0 Å². The van der Waals surface area contributed by atoms with Gasteiger partial charge in [0, 0.05) is 37.3 Å². The van der Waals surface area contributed by atoms with Gasteiger partial charge in [-0.3, -0.25) is 0 Å². The summed E-state index contributed by atoms with van der Waals surface area (Å²) in [4.78, 5) is 0. The summed E-state index contributed by atoms with van der Waals surface area (Å²) in [6, 6.07) is 14.7. The Morgan fingerprint density at radius 3 is 2.59 bits per heavy atom. The minimum absolute atomic E-state index is 0.689. The zero-order chi connectivity index (χ0) is 11.9. The van der Waals surface area contributed by atoms with Crippen molar-refractivity contribution in [2.24, 2.45) is 5.73 Å². The molecule has 0 aliphatic rings. The molecule has 0 bridgehead atoms. The number of nitrogens with one attached hydrogen (secondary N) is 2. The van der Waals surface area contributed by atoms with E-state index in [0.717, 1.165) is 19.6 Å². The van der Waals surface area contributed by atoms with Crippen LogP contribution >= 0.6 is 0 Å². The van der Waals surface area contributed by atoms with E-state index in [2.05, 4.69) is 53.1 Å². The van der Waals surface area contributed by atoms with Crippen molar-refractivity contribution in [3.8, 4) is 0 Å². The first-order valence-corrected chi connectivity index (χ1v) is 6.04. The molecule has 0 atom stereocenters. The molecule has 0 spiro atoms. The Bertz CT molecular complexity index is 462. The number of hydrogen-bond donors (Lipinski definition) is 3. The van der Waals surface area contributed by atoms with Crippen LogP contribution < -0.4 is 16.4 Å². The maximum absolute atomic E-state index is 5.41. The average molecular weight is 229 g/mol. The predicted molar refractivity (Wildman–Crippen MR) is 74.4 cm³/mol. The van der Waals surface area contributed by atoms with Crippen LogP contribution in [0.15, 0.2) is 42.5 Å². The van der Waals surface area contributed by atoms with Crippen molar-refractivity contribution in [3.05, 3.63) is 42.5 Å². The minimum Gasteiger partial charge on any atom is -0.383 e. The molecule has 0 heterocycles. The first-order chi connectivity index (χ1) is 8.42. The van der Waals surface area contributed by atoms with Gasteiger partial charge in [-0.2, -0.15) is 0 Å². The second-order valence-electron chi connectivity index (χ2n) is 3.99. The molecule has 3 nitrogen and oxygen atoms in total. The van der Waals surface area contributed by atoms with Crippen LogP contribution in [-0.4, -0.2) is 26.2 Å². The quantitative estimate of drug-likeness (QED) is 0.662. The van der Waals surface area contributed by atoms with E-state index in [-0.39, 0.29) is 0 Å². The van der Waals surface area contributed by atoms with Crippen LogP contribution in [0.1, 0.15) is 0 Å². The first kappa shape index (κ1) is 11.9. The van der Waals surface area contributed by atoms with E-state index in [4.69, 9.17) is 5.73 Å². The molecule has 0 amide bonds. The molecule has 0 saturated heterocycles. The summed E-state index contributed by atoms with van der Waals surface area (Å²) < 4.78 is 0. The van der Waals surface area contributed by atoms with Crippen molar-refractivity contribution >= 4 is 16.5 Å². The molecule has 0 saturated carbocycles. The molecular formula is C14H19N3. The van der Waals surface area contributed by atoms with Gasteiger partial charge in [-0.25, -0.2) is 0 Å². The fourth-order valence-electron chi connectivity index (χ4n) is 1.89. The Kier molecular flexibility index (Phi) is 4.36. The predicted octanol–water partition coefficient (Wildman–Crippen LogP) is 1.80. The summed E-state index contributed by atoms with van der Waals surface area (Å²) in [5.41, 5.74) is 6.61. The molecule has 17 heavy (non-hydrogen) atoms. The molecule has 0 aliphatic heterocycles. The molecular weight excluding hydrogens is 210 g/mol. The van der Waals surface area contributed by atoms with Gasteiger partial charge >= 0.3 is 0 Å². The molecule has 0 aromatic heterocycles. The van der Waals surface area contributed by atoms with Gasteiger partial charge in [0.15, 0.2) is 0 Å². The van der Waals surface area contributed by atoms with Crippen molar-refractivity contribution in [1.82, 2.24) is 5.32 Å². The third-order valence-electron chi connectivity index (χ3n) is 2.73. The van der Waals surface area contributed by atoms with Crippen molar-refractivity contribution < 1.29 is 0 Å². The molecule has 0 radical (unpaired) electrons. The topological polar surface area (TPSA) is 50.1 Å².